The average molecular weight is 437 g/mol. The van der Waals surface area contributed by atoms with Crippen LogP contribution in [0.5, 0.6) is 0 Å². The largest absolute Gasteiger partial charge is 0.384 e. The first-order valence-electron chi connectivity index (χ1n) is 11.0. The Morgan fingerprint density at radius 1 is 0.621 bits per heavy atom. The summed E-state index contributed by atoms with van der Waals surface area (Å²) in [6, 6.07) is 0. The summed E-state index contributed by atoms with van der Waals surface area (Å²) in [5.41, 5.74) is -0.156. The van der Waals surface area contributed by atoms with Gasteiger partial charge in [0.2, 0.25) is 0 Å². The van der Waals surface area contributed by atoms with Gasteiger partial charge in [0.25, 0.3) is 0 Å². The molecule has 168 valence electrons. The zero-order valence-electron chi connectivity index (χ0n) is 21.6. The molecular formula is C25H48O2Si2. The van der Waals surface area contributed by atoms with Crippen LogP contribution in [0.3, 0.4) is 0 Å². The van der Waals surface area contributed by atoms with Crippen LogP contribution in [-0.2, 0) is 9.47 Å². The second kappa shape index (κ2) is 11.2. The van der Waals surface area contributed by atoms with E-state index < -0.39 is 16.1 Å². The summed E-state index contributed by atoms with van der Waals surface area (Å²) in [5, 5.41) is 0.641. The lowest BCUT2D eigenvalue weighted by Gasteiger charge is -2.39. The normalized spacial score (nSPS) is 13.4. The molecule has 0 spiro atoms. The van der Waals surface area contributed by atoms with Crippen molar-refractivity contribution in [3.05, 3.63) is 0 Å². The molecule has 4 heteroatoms. The van der Waals surface area contributed by atoms with E-state index in [1.807, 2.05) is 13.8 Å². The van der Waals surface area contributed by atoms with Crippen molar-refractivity contribution in [2.24, 2.45) is 5.41 Å². The Kier molecular flexibility index (Phi) is 11.0. The highest BCUT2D eigenvalue weighted by Gasteiger charge is 2.39. The van der Waals surface area contributed by atoms with Crippen LogP contribution >= 0.6 is 0 Å². The highest BCUT2D eigenvalue weighted by Crippen LogP contribution is 2.38. The molecule has 0 radical (unpaired) electrons. The molecule has 0 unspecified atom stereocenters. The molecule has 0 aliphatic carbocycles. The van der Waals surface area contributed by atoms with E-state index in [0.717, 1.165) is 25.3 Å². The summed E-state index contributed by atoms with van der Waals surface area (Å²) in [4.78, 5) is 0. The number of rotatable bonds is 10. The van der Waals surface area contributed by atoms with E-state index in [0.29, 0.717) is 23.3 Å². The van der Waals surface area contributed by atoms with Crippen molar-refractivity contribution < 1.29 is 9.47 Å². The lowest BCUT2D eigenvalue weighted by molar-refractivity contribution is 0.00137. The smallest absolute Gasteiger partial charge is 0.0829 e. The maximum Gasteiger partial charge on any atom is 0.0829 e. The molecule has 0 saturated heterocycles. The predicted molar refractivity (Wildman–Crippen MR) is 135 cm³/mol. The van der Waals surface area contributed by atoms with Crippen molar-refractivity contribution in [1.29, 1.82) is 0 Å². The highest BCUT2D eigenvalue weighted by atomic mass is 28.3. The molecule has 0 aliphatic rings. The van der Waals surface area contributed by atoms with Gasteiger partial charge in [-0.25, -0.2) is 0 Å². The minimum Gasteiger partial charge on any atom is -0.384 e. The quantitative estimate of drug-likeness (QED) is 0.273. The summed E-state index contributed by atoms with van der Waals surface area (Å²) >= 11 is 0. The van der Waals surface area contributed by atoms with Gasteiger partial charge in [-0.1, -0.05) is 67.7 Å². The second-order valence-electron chi connectivity index (χ2n) is 12.0. The highest BCUT2D eigenvalue weighted by molar-refractivity contribution is 6.80. The van der Waals surface area contributed by atoms with Crippen LogP contribution < -0.4 is 0 Å². The summed E-state index contributed by atoms with van der Waals surface area (Å²) in [6.45, 7) is 28.8. The predicted octanol–water partition coefficient (Wildman–Crippen LogP) is 6.93. The standard InChI is InChI=1S/C25H48O2Si2/c1-13-15-17-25(18-16-14-2,19-26-21-28(9,10)23(3,4)5)20-27-22-29(11,12)24(6,7)8/h17-22H2,1-12H3. The molecule has 0 aliphatic heterocycles. The summed E-state index contributed by atoms with van der Waals surface area (Å²) in [5.74, 6) is 12.7. The first-order valence-corrected chi connectivity index (χ1v) is 17.4. The molecule has 0 amide bonds. The van der Waals surface area contributed by atoms with Crippen molar-refractivity contribution in [3.63, 3.8) is 0 Å². The fourth-order valence-electron chi connectivity index (χ4n) is 2.34. The molecule has 0 bridgehead atoms. The van der Waals surface area contributed by atoms with Crippen LogP contribution in [0.1, 0.15) is 68.2 Å². The third-order valence-electron chi connectivity index (χ3n) is 7.08. The molecule has 29 heavy (non-hydrogen) atoms. The lowest BCUT2D eigenvalue weighted by Crippen LogP contribution is -2.45. The van der Waals surface area contributed by atoms with Crippen molar-refractivity contribution in [2.75, 3.05) is 25.7 Å². The first kappa shape index (κ1) is 28.5. The van der Waals surface area contributed by atoms with Gasteiger partial charge in [0.05, 0.1) is 29.4 Å². The van der Waals surface area contributed by atoms with E-state index in [4.69, 9.17) is 9.47 Å². The second-order valence-corrected chi connectivity index (χ2v) is 23.1. The molecule has 0 fully saturated rings. The fraction of sp³-hybridized carbons (Fsp3) is 0.840. The molecule has 0 rings (SSSR count). The van der Waals surface area contributed by atoms with Crippen molar-refractivity contribution >= 4 is 16.1 Å². The van der Waals surface area contributed by atoms with Crippen molar-refractivity contribution in [1.82, 2.24) is 0 Å². The Morgan fingerprint density at radius 2 is 0.931 bits per heavy atom. The maximum atomic E-state index is 6.39. The van der Waals surface area contributed by atoms with Crippen LogP contribution in [0.2, 0.25) is 36.3 Å². The maximum absolute atomic E-state index is 6.39. The molecule has 0 aromatic rings. The molecular weight excluding hydrogens is 388 g/mol. The van der Waals surface area contributed by atoms with E-state index in [1.54, 1.807) is 0 Å². The summed E-state index contributed by atoms with van der Waals surface area (Å²) in [6.07, 6.45) is 3.26. The van der Waals surface area contributed by atoms with Gasteiger partial charge in [-0.05, 0) is 23.9 Å². The topological polar surface area (TPSA) is 18.5 Å². The SMILES string of the molecule is CC#CCC(CC#CC)(COC[Si](C)(C)C(C)(C)C)COC[Si](C)(C)C(C)(C)C. The number of hydrogen-bond acceptors (Lipinski definition) is 2. The lowest BCUT2D eigenvalue weighted by atomic mass is 9.83. The Morgan fingerprint density at radius 3 is 1.17 bits per heavy atom. The van der Waals surface area contributed by atoms with Gasteiger partial charge in [0.1, 0.15) is 0 Å². The Bertz CT molecular complexity index is 558. The van der Waals surface area contributed by atoms with Gasteiger partial charge in [-0.3, -0.25) is 0 Å². The molecule has 0 N–H and O–H groups in total. The zero-order valence-corrected chi connectivity index (χ0v) is 23.6. The van der Waals surface area contributed by atoms with Crippen LogP contribution in [0.4, 0.5) is 0 Å². The van der Waals surface area contributed by atoms with Gasteiger partial charge in [-0.2, -0.15) is 0 Å². The third-order valence-corrected chi connectivity index (χ3v) is 17.1. The van der Waals surface area contributed by atoms with Gasteiger partial charge < -0.3 is 9.47 Å². The van der Waals surface area contributed by atoms with E-state index in [1.165, 1.54) is 0 Å². The summed E-state index contributed by atoms with van der Waals surface area (Å²) in [7, 11) is -2.96. The molecule has 0 aromatic heterocycles. The molecule has 0 aromatic carbocycles. The van der Waals surface area contributed by atoms with Gasteiger partial charge in [-0.15, -0.1) is 23.7 Å². The molecule has 2 nitrogen and oxygen atoms in total. The average Bonchev–Trinajstić information content (AvgIpc) is 2.55. The van der Waals surface area contributed by atoms with Crippen LogP contribution in [-0.4, -0.2) is 41.8 Å². The van der Waals surface area contributed by atoms with Crippen LogP contribution in [0.15, 0.2) is 0 Å². The van der Waals surface area contributed by atoms with Gasteiger partial charge in [0.15, 0.2) is 0 Å². The van der Waals surface area contributed by atoms with Crippen molar-refractivity contribution in [2.45, 2.75) is 104 Å². The minimum absolute atomic E-state index is 0.156. The monoisotopic (exact) mass is 436 g/mol. The minimum atomic E-state index is -1.48. The number of hydrogen-bond donors (Lipinski definition) is 0. The van der Waals surface area contributed by atoms with Gasteiger partial charge in [0, 0.05) is 30.7 Å². The Labute approximate surface area is 184 Å². The van der Waals surface area contributed by atoms with E-state index in [9.17, 15) is 0 Å². The summed E-state index contributed by atoms with van der Waals surface area (Å²) < 4.78 is 12.8. The first-order chi connectivity index (χ1) is 13.0. The Hall–Kier alpha value is -0.526. The molecule has 0 heterocycles. The van der Waals surface area contributed by atoms with Crippen molar-refractivity contribution in [3.8, 4) is 23.7 Å². The zero-order chi connectivity index (χ0) is 23.0. The van der Waals surface area contributed by atoms with E-state index in [-0.39, 0.29) is 5.41 Å². The fourth-order valence-corrected chi connectivity index (χ4v) is 4.43. The van der Waals surface area contributed by atoms with Crippen LogP contribution in [0, 0.1) is 29.1 Å². The molecule has 0 atom stereocenters. The van der Waals surface area contributed by atoms with Gasteiger partial charge >= 0.3 is 0 Å². The van der Waals surface area contributed by atoms with Crippen LogP contribution in [0.25, 0.3) is 0 Å². The third kappa shape index (κ3) is 9.43. The van der Waals surface area contributed by atoms with E-state index in [2.05, 4.69) is 91.4 Å². The Balaban J connectivity index is 5.36. The molecule has 0 saturated carbocycles. The van der Waals surface area contributed by atoms with E-state index >= 15 is 0 Å². The number of ether oxygens (including phenoxy) is 2.